The standard InChI is InChI=1S/C16H18N2O3S/c1-3-17-16(19)13-10-9-12(2)15(11-13)22(20,21)18-14-7-5-4-6-8-14/h4-11,18H,3H2,1-2H3,(H,17,19). The van der Waals surface area contributed by atoms with Crippen LogP contribution in [0.4, 0.5) is 5.69 Å². The fraction of sp³-hybridized carbons (Fsp3) is 0.188. The van der Waals surface area contributed by atoms with Gasteiger partial charge in [-0.05, 0) is 43.7 Å². The molecule has 5 nitrogen and oxygen atoms in total. The summed E-state index contributed by atoms with van der Waals surface area (Å²) in [4.78, 5) is 12.0. The van der Waals surface area contributed by atoms with Crippen molar-refractivity contribution in [3.8, 4) is 0 Å². The van der Waals surface area contributed by atoms with E-state index in [1.54, 1.807) is 56.3 Å². The van der Waals surface area contributed by atoms with Gasteiger partial charge in [0.05, 0.1) is 4.90 Å². The summed E-state index contributed by atoms with van der Waals surface area (Å²) in [5.41, 5.74) is 1.38. The topological polar surface area (TPSA) is 75.3 Å². The van der Waals surface area contributed by atoms with Gasteiger partial charge in [0.15, 0.2) is 0 Å². The van der Waals surface area contributed by atoms with E-state index in [-0.39, 0.29) is 10.8 Å². The minimum absolute atomic E-state index is 0.0973. The maximum absolute atomic E-state index is 12.5. The second kappa shape index (κ2) is 6.62. The van der Waals surface area contributed by atoms with Crippen molar-refractivity contribution in [2.75, 3.05) is 11.3 Å². The maximum Gasteiger partial charge on any atom is 0.262 e. The molecule has 2 aromatic rings. The Morgan fingerprint density at radius 1 is 1.09 bits per heavy atom. The lowest BCUT2D eigenvalue weighted by Crippen LogP contribution is -2.23. The van der Waals surface area contributed by atoms with E-state index in [1.807, 2.05) is 0 Å². The molecule has 0 aliphatic rings. The number of para-hydroxylation sites is 1. The summed E-state index contributed by atoms with van der Waals surface area (Å²) < 4.78 is 27.5. The van der Waals surface area contributed by atoms with Crippen molar-refractivity contribution in [3.05, 3.63) is 59.7 Å². The number of hydrogen-bond donors (Lipinski definition) is 2. The summed E-state index contributed by atoms with van der Waals surface area (Å²) in [5, 5.41) is 2.66. The number of nitrogens with one attached hydrogen (secondary N) is 2. The molecule has 116 valence electrons. The minimum atomic E-state index is -3.74. The zero-order valence-corrected chi connectivity index (χ0v) is 13.3. The normalized spacial score (nSPS) is 11.0. The predicted molar refractivity (Wildman–Crippen MR) is 86.4 cm³/mol. The van der Waals surface area contributed by atoms with Gasteiger partial charge in [-0.1, -0.05) is 24.3 Å². The molecule has 0 aromatic heterocycles. The van der Waals surface area contributed by atoms with Crippen LogP contribution >= 0.6 is 0 Å². The molecule has 0 bridgehead atoms. The number of rotatable bonds is 5. The van der Waals surface area contributed by atoms with Crippen molar-refractivity contribution in [1.82, 2.24) is 5.32 Å². The Morgan fingerprint density at radius 2 is 1.77 bits per heavy atom. The highest BCUT2D eigenvalue weighted by molar-refractivity contribution is 7.92. The van der Waals surface area contributed by atoms with E-state index in [0.29, 0.717) is 23.4 Å². The Morgan fingerprint density at radius 3 is 2.41 bits per heavy atom. The van der Waals surface area contributed by atoms with Crippen LogP contribution in [0.25, 0.3) is 0 Å². The third kappa shape index (κ3) is 3.65. The molecule has 1 amide bonds. The number of amides is 1. The lowest BCUT2D eigenvalue weighted by Gasteiger charge is -2.12. The fourth-order valence-electron chi connectivity index (χ4n) is 2.01. The minimum Gasteiger partial charge on any atom is -0.352 e. The van der Waals surface area contributed by atoms with Crippen LogP contribution in [0.3, 0.4) is 0 Å². The third-order valence-electron chi connectivity index (χ3n) is 3.10. The van der Waals surface area contributed by atoms with Crippen LogP contribution in [0.1, 0.15) is 22.8 Å². The predicted octanol–water partition coefficient (Wildman–Crippen LogP) is 2.55. The third-order valence-corrected chi connectivity index (χ3v) is 4.63. The molecule has 2 aromatic carbocycles. The first-order chi connectivity index (χ1) is 10.4. The molecule has 0 saturated heterocycles. The average Bonchev–Trinajstić information content (AvgIpc) is 2.48. The van der Waals surface area contributed by atoms with Gasteiger partial charge in [0.2, 0.25) is 0 Å². The highest BCUT2D eigenvalue weighted by Crippen LogP contribution is 2.20. The number of hydrogen-bond acceptors (Lipinski definition) is 3. The van der Waals surface area contributed by atoms with Gasteiger partial charge >= 0.3 is 0 Å². The van der Waals surface area contributed by atoms with Gasteiger partial charge in [0.1, 0.15) is 0 Å². The van der Waals surface area contributed by atoms with Gasteiger partial charge in [-0.25, -0.2) is 8.42 Å². The monoisotopic (exact) mass is 318 g/mol. The van der Waals surface area contributed by atoms with E-state index in [4.69, 9.17) is 0 Å². The first-order valence-corrected chi connectivity index (χ1v) is 8.39. The summed E-state index contributed by atoms with van der Waals surface area (Å²) in [7, 11) is -3.74. The Bertz CT molecular complexity index is 771. The molecule has 2 rings (SSSR count). The average molecular weight is 318 g/mol. The quantitative estimate of drug-likeness (QED) is 0.889. The van der Waals surface area contributed by atoms with Gasteiger partial charge in [-0.2, -0.15) is 0 Å². The van der Waals surface area contributed by atoms with Crippen molar-refractivity contribution < 1.29 is 13.2 Å². The van der Waals surface area contributed by atoms with E-state index in [2.05, 4.69) is 10.0 Å². The molecule has 0 heterocycles. The van der Waals surface area contributed by atoms with Crippen molar-refractivity contribution in [1.29, 1.82) is 0 Å². The smallest absolute Gasteiger partial charge is 0.262 e. The fourth-order valence-corrected chi connectivity index (χ4v) is 3.34. The summed E-state index contributed by atoms with van der Waals surface area (Å²) in [6.45, 7) is 3.98. The Balaban J connectivity index is 2.38. The summed E-state index contributed by atoms with van der Waals surface area (Å²) in [6, 6.07) is 13.3. The van der Waals surface area contributed by atoms with E-state index in [0.717, 1.165) is 0 Å². The molecule has 6 heteroatoms. The Labute approximate surface area is 130 Å². The zero-order chi connectivity index (χ0) is 16.2. The van der Waals surface area contributed by atoms with Crippen LogP contribution in [0.15, 0.2) is 53.4 Å². The number of benzene rings is 2. The second-order valence-electron chi connectivity index (χ2n) is 4.81. The van der Waals surface area contributed by atoms with Crippen molar-refractivity contribution >= 4 is 21.6 Å². The van der Waals surface area contributed by atoms with E-state index in [9.17, 15) is 13.2 Å². The zero-order valence-electron chi connectivity index (χ0n) is 12.5. The van der Waals surface area contributed by atoms with E-state index in [1.165, 1.54) is 6.07 Å². The summed E-state index contributed by atoms with van der Waals surface area (Å²) in [6.07, 6.45) is 0. The van der Waals surface area contributed by atoms with Crippen LogP contribution in [-0.4, -0.2) is 20.9 Å². The van der Waals surface area contributed by atoms with Gasteiger partial charge in [-0.3, -0.25) is 9.52 Å². The molecule has 0 unspecified atom stereocenters. The SMILES string of the molecule is CCNC(=O)c1ccc(C)c(S(=O)(=O)Nc2ccccc2)c1. The number of anilines is 1. The van der Waals surface area contributed by atoms with Crippen LogP contribution in [-0.2, 0) is 10.0 Å². The van der Waals surface area contributed by atoms with Crippen molar-refractivity contribution in [2.45, 2.75) is 18.7 Å². The Hall–Kier alpha value is -2.34. The lowest BCUT2D eigenvalue weighted by molar-refractivity contribution is 0.0955. The van der Waals surface area contributed by atoms with E-state index < -0.39 is 10.0 Å². The molecule has 0 fully saturated rings. The maximum atomic E-state index is 12.5. The molecule has 2 N–H and O–H groups in total. The number of carbonyl (C=O) groups excluding carboxylic acids is 1. The van der Waals surface area contributed by atoms with Crippen LogP contribution in [0, 0.1) is 6.92 Å². The van der Waals surface area contributed by atoms with Gasteiger partial charge in [0.25, 0.3) is 15.9 Å². The first-order valence-electron chi connectivity index (χ1n) is 6.91. The van der Waals surface area contributed by atoms with Crippen LogP contribution in [0.5, 0.6) is 0 Å². The summed E-state index contributed by atoms with van der Waals surface area (Å²) >= 11 is 0. The molecule has 0 atom stereocenters. The van der Waals surface area contributed by atoms with Crippen molar-refractivity contribution in [2.24, 2.45) is 0 Å². The van der Waals surface area contributed by atoms with Gasteiger partial charge < -0.3 is 5.32 Å². The molecule has 0 saturated carbocycles. The highest BCUT2D eigenvalue weighted by Gasteiger charge is 2.19. The molecule has 22 heavy (non-hydrogen) atoms. The number of carbonyl (C=O) groups is 1. The van der Waals surface area contributed by atoms with Gasteiger partial charge in [-0.15, -0.1) is 0 Å². The second-order valence-corrected chi connectivity index (χ2v) is 6.46. The number of sulfonamides is 1. The van der Waals surface area contributed by atoms with Crippen LogP contribution in [0.2, 0.25) is 0 Å². The molecule has 0 aliphatic carbocycles. The molecular weight excluding hydrogens is 300 g/mol. The highest BCUT2D eigenvalue weighted by atomic mass is 32.2. The molecule has 0 aliphatic heterocycles. The van der Waals surface area contributed by atoms with E-state index >= 15 is 0 Å². The largest absolute Gasteiger partial charge is 0.352 e. The number of aryl methyl sites for hydroxylation is 1. The first kappa shape index (κ1) is 16.0. The molecular formula is C16H18N2O3S. The molecule has 0 radical (unpaired) electrons. The molecule has 0 spiro atoms. The van der Waals surface area contributed by atoms with Crippen LogP contribution < -0.4 is 10.0 Å². The lowest BCUT2D eigenvalue weighted by atomic mass is 10.1. The van der Waals surface area contributed by atoms with Gasteiger partial charge in [0, 0.05) is 17.8 Å². The summed E-state index contributed by atoms with van der Waals surface area (Å²) in [5.74, 6) is -0.293. The van der Waals surface area contributed by atoms with Crippen molar-refractivity contribution in [3.63, 3.8) is 0 Å². The Kier molecular flexibility index (Phi) is 4.82.